The standard InChI is InChI=1S/C10H11NO8S2/c1-19-10(16)8-6(2-3-20-8)21(17,18)11-5(9(14)15)4-7(12)13/h2-3,5,11H,4H2,1H3,(H,12,13)(H,14,15). The Morgan fingerprint density at radius 2 is 2.00 bits per heavy atom. The number of ether oxygens (including phenoxy) is 1. The van der Waals surface area contributed by atoms with Crippen LogP contribution in [0.25, 0.3) is 0 Å². The zero-order valence-electron chi connectivity index (χ0n) is 10.6. The third kappa shape index (κ3) is 4.24. The Balaban J connectivity index is 3.11. The smallest absolute Gasteiger partial charge is 0.349 e. The Labute approximate surface area is 123 Å². The van der Waals surface area contributed by atoms with Gasteiger partial charge < -0.3 is 14.9 Å². The molecule has 0 aliphatic heterocycles. The second-order valence-electron chi connectivity index (χ2n) is 3.72. The van der Waals surface area contributed by atoms with Crippen LogP contribution in [0.1, 0.15) is 16.1 Å². The molecule has 0 radical (unpaired) electrons. The van der Waals surface area contributed by atoms with E-state index in [1.165, 1.54) is 5.38 Å². The number of methoxy groups -OCH3 is 1. The summed E-state index contributed by atoms with van der Waals surface area (Å²) in [4.78, 5) is 32.1. The van der Waals surface area contributed by atoms with Crippen molar-refractivity contribution >= 4 is 39.3 Å². The lowest BCUT2D eigenvalue weighted by Crippen LogP contribution is -2.42. The van der Waals surface area contributed by atoms with Crippen molar-refractivity contribution in [1.82, 2.24) is 4.72 Å². The first-order valence-corrected chi connectivity index (χ1v) is 7.68. The van der Waals surface area contributed by atoms with Crippen molar-refractivity contribution in [3.8, 4) is 0 Å². The normalized spacial score (nSPS) is 12.6. The average molecular weight is 337 g/mol. The van der Waals surface area contributed by atoms with Crippen LogP contribution in [-0.4, -0.2) is 49.7 Å². The van der Waals surface area contributed by atoms with Gasteiger partial charge in [0.25, 0.3) is 0 Å². The predicted molar refractivity (Wildman–Crippen MR) is 69.7 cm³/mol. The van der Waals surface area contributed by atoms with Crippen LogP contribution in [-0.2, 0) is 24.3 Å². The van der Waals surface area contributed by atoms with Gasteiger partial charge >= 0.3 is 17.9 Å². The first-order valence-electron chi connectivity index (χ1n) is 5.31. The van der Waals surface area contributed by atoms with Crippen LogP contribution in [0.2, 0.25) is 0 Å². The van der Waals surface area contributed by atoms with Gasteiger partial charge in [-0.25, -0.2) is 13.2 Å². The minimum atomic E-state index is -4.38. The van der Waals surface area contributed by atoms with Gasteiger partial charge in [-0.15, -0.1) is 11.3 Å². The summed E-state index contributed by atoms with van der Waals surface area (Å²) in [5, 5.41) is 18.7. The predicted octanol–water partition coefficient (Wildman–Crippen LogP) is -0.259. The van der Waals surface area contributed by atoms with E-state index in [2.05, 4.69) is 4.74 Å². The van der Waals surface area contributed by atoms with Gasteiger partial charge in [0.1, 0.15) is 15.8 Å². The minimum Gasteiger partial charge on any atom is -0.481 e. The Hall–Kier alpha value is -1.98. The molecule has 0 aromatic carbocycles. The number of carbonyl (C=O) groups excluding carboxylic acids is 1. The highest BCUT2D eigenvalue weighted by molar-refractivity contribution is 7.89. The molecule has 0 fully saturated rings. The molecule has 0 aliphatic carbocycles. The molecule has 3 N–H and O–H groups in total. The van der Waals surface area contributed by atoms with Crippen molar-refractivity contribution in [3.05, 3.63) is 16.3 Å². The molecule has 1 unspecified atom stereocenters. The molecule has 1 heterocycles. The number of carboxylic acids is 2. The summed E-state index contributed by atoms with van der Waals surface area (Å²) in [6, 6.07) is -0.753. The quantitative estimate of drug-likeness (QED) is 0.577. The second-order valence-corrected chi connectivity index (χ2v) is 6.31. The zero-order chi connectivity index (χ0) is 16.2. The molecule has 21 heavy (non-hydrogen) atoms. The summed E-state index contributed by atoms with van der Waals surface area (Å²) in [5.41, 5.74) is 0. The van der Waals surface area contributed by atoms with Gasteiger partial charge in [-0.2, -0.15) is 4.72 Å². The van der Waals surface area contributed by atoms with Crippen molar-refractivity contribution in [1.29, 1.82) is 0 Å². The molecular weight excluding hydrogens is 326 g/mol. The van der Waals surface area contributed by atoms with Crippen molar-refractivity contribution in [3.63, 3.8) is 0 Å². The lowest BCUT2D eigenvalue weighted by molar-refractivity contribution is -0.145. The number of thiophene rings is 1. The number of rotatable bonds is 7. The van der Waals surface area contributed by atoms with Crippen molar-refractivity contribution in [2.75, 3.05) is 7.11 Å². The van der Waals surface area contributed by atoms with Crippen molar-refractivity contribution < 1.29 is 37.8 Å². The molecule has 0 spiro atoms. The van der Waals surface area contributed by atoms with Crippen LogP contribution >= 0.6 is 11.3 Å². The highest BCUT2D eigenvalue weighted by atomic mass is 32.2. The van der Waals surface area contributed by atoms with Crippen molar-refractivity contribution in [2.45, 2.75) is 17.4 Å². The van der Waals surface area contributed by atoms with Gasteiger partial charge in [-0.05, 0) is 11.4 Å². The summed E-state index contributed by atoms with van der Waals surface area (Å²) >= 11 is 0.801. The van der Waals surface area contributed by atoms with E-state index in [0.717, 1.165) is 24.5 Å². The number of aliphatic carboxylic acids is 2. The summed E-state index contributed by atoms with van der Waals surface area (Å²) in [6.07, 6.45) is -0.938. The number of carboxylic acid groups (broad SMARTS) is 2. The van der Waals surface area contributed by atoms with Crippen LogP contribution in [0.15, 0.2) is 16.3 Å². The number of hydrogen-bond donors (Lipinski definition) is 3. The monoisotopic (exact) mass is 337 g/mol. The minimum absolute atomic E-state index is 0.232. The van der Waals surface area contributed by atoms with Gasteiger partial charge in [0.2, 0.25) is 10.0 Å². The Kier molecular flexibility index (Phi) is 5.41. The van der Waals surface area contributed by atoms with Gasteiger partial charge in [0.15, 0.2) is 0 Å². The number of hydrogen-bond acceptors (Lipinski definition) is 7. The van der Waals surface area contributed by atoms with Crippen LogP contribution in [0, 0.1) is 0 Å². The molecule has 1 rings (SSSR count). The van der Waals surface area contributed by atoms with Gasteiger partial charge in [-0.3, -0.25) is 9.59 Å². The third-order valence-electron chi connectivity index (χ3n) is 2.26. The van der Waals surface area contributed by atoms with Gasteiger partial charge in [-0.1, -0.05) is 0 Å². The summed E-state index contributed by atoms with van der Waals surface area (Å²) in [5.74, 6) is -4.02. The molecule has 0 amide bonds. The number of carbonyl (C=O) groups is 3. The van der Waals surface area contributed by atoms with E-state index in [9.17, 15) is 22.8 Å². The molecule has 9 nitrogen and oxygen atoms in total. The zero-order valence-corrected chi connectivity index (χ0v) is 12.2. The number of nitrogens with one attached hydrogen (secondary N) is 1. The summed E-state index contributed by atoms with van der Waals surface area (Å²) in [6.45, 7) is 0. The lowest BCUT2D eigenvalue weighted by Gasteiger charge is -2.12. The second kappa shape index (κ2) is 6.65. The molecule has 0 saturated carbocycles. The largest absolute Gasteiger partial charge is 0.481 e. The lowest BCUT2D eigenvalue weighted by atomic mass is 10.2. The van der Waals surface area contributed by atoms with Crippen LogP contribution in [0.4, 0.5) is 0 Å². The molecule has 0 bridgehead atoms. The molecule has 1 aromatic heterocycles. The number of sulfonamides is 1. The highest BCUT2D eigenvalue weighted by Crippen LogP contribution is 2.23. The maximum Gasteiger partial charge on any atom is 0.349 e. The first kappa shape index (κ1) is 17.1. The molecule has 116 valence electrons. The Morgan fingerprint density at radius 1 is 1.38 bits per heavy atom. The van der Waals surface area contributed by atoms with E-state index in [-0.39, 0.29) is 4.88 Å². The average Bonchev–Trinajstić information content (AvgIpc) is 2.86. The van der Waals surface area contributed by atoms with E-state index in [1.54, 1.807) is 4.72 Å². The topological polar surface area (TPSA) is 147 Å². The first-order chi connectivity index (χ1) is 9.69. The van der Waals surface area contributed by atoms with Gasteiger partial charge in [0.05, 0.1) is 13.5 Å². The molecule has 11 heteroatoms. The van der Waals surface area contributed by atoms with Crippen LogP contribution in [0.5, 0.6) is 0 Å². The fourth-order valence-corrected chi connectivity index (χ4v) is 3.88. The summed E-state index contributed by atoms with van der Waals surface area (Å²) < 4.78 is 30.3. The summed E-state index contributed by atoms with van der Waals surface area (Å²) in [7, 11) is -3.31. The van der Waals surface area contributed by atoms with E-state index in [4.69, 9.17) is 10.2 Å². The molecule has 0 saturated heterocycles. The molecule has 1 aromatic rings. The Morgan fingerprint density at radius 3 is 2.48 bits per heavy atom. The maximum atomic E-state index is 12.1. The molecule has 0 aliphatic rings. The van der Waals surface area contributed by atoms with E-state index in [0.29, 0.717) is 0 Å². The number of esters is 1. The third-order valence-corrected chi connectivity index (χ3v) is 4.80. The van der Waals surface area contributed by atoms with E-state index in [1.807, 2.05) is 0 Å². The van der Waals surface area contributed by atoms with E-state index >= 15 is 0 Å². The van der Waals surface area contributed by atoms with Gasteiger partial charge in [0, 0.05) is 0 Å². The highest BCUT2D eigenvalue weighted by Gasteiger charge is 2.31. The maximum absolute atomic E-state index is 12.1. The molecular formula is C10H11NO8S2. The van der Waals surface area contributed by atoms with Crippen LogP contribution < -0.4 is 4.72 Å². The fourth-order valence-electron chi connectivity index (χ4n) is 1.36. The van der Waals surface area contributed by atoms with Crippen molar-refractivity contribution in [2.24, 2.45) is 0 Å². The Bertz CT molecular complexity index is 662. The van der Waals surface area contributed by atoms with E-state index < -0.39 is 45.3 Å². The SMILES string of the molecule is COC(=O)c1sccc1S(=O)(=O)NC(CC(=O)O)C(=O)O. The molecule has 1 atom stereocenters. The fraction of sp³-hybridized carbons (Fsp3) is 0.300. The van der Waals surface area contributed by atoms with Crippen LogP contribution in [0.3, 0.4) is 0 Å².